The summed E-state index contributed by atoms with van der Waals surface area (Å²) in [6.45, 7) is 0. The second-order valence-corrected chi connectivity index (χ2v) is 13.4. The van der Waals surface area contributed by atoms with Crippen LogP contribution in [0.1, 0.15) is 51.3 Å². The third kappa shape index (κ3) is 4.04. The van der Waals surface area contributed by atoms with Crippen LogP contribution in [0.5, 0.6) is 0 Å². The fourth-order valence-corrected chi connectivity index (χ4v) is 8.51. The number of fused-ring (bicyclic) bond motifs is 11. The van der Waals surface area contributed by atoms with Crippen molar-refractivity contribution >= 4 is 26.7 Å². The number of aryl methyl sites for hydroxylation is 1. The fourth-order valence-electron chi connectivity index (χ4n) is 8.24. The van der Waals surface area contributed by atoms with Crippen molar-refractivity contribution in [2.75, 3.05) is 0 Å². The SMILES string of the molecule is Brc1ccc(CCC(c2ccc3c(c2)C2(c4ccccc4-c4ccccc42)c2ccccc2-3)c2ccc3ccccc3c2)cc1. The smallest absolute Gasteiger partial charge is 0.0619 e. The van der Waals surface area contributed by atoms with E-state index in [0.717, 1.165) is 17.3 Å². The van der Waals surface area contributed by atoms with Crippen LogP contribution in [0, 0.1) is 0 Å². The van der Waals surface area contributed by atoms with Crippen LogP contribution in [-0.4, -0.2) is 0 Å². The van der Waals surface area contributed by atoms with Crippen LogP contribution >= 0.6 is 15.9 Å². The Bertz CT molecular complexity index is 2180. The summed E-state index contributed by atoms with van der Waals surface area (Å²) in [5.74, 6) is 0.260. The van der Waals surface area contributed by atoms with Crippen LogP contribution in [0.25, 0.3) is 33.0 Å². The molecule has 0 N–H and O–H groups in total. The molecule has 0 aromatic heterocycles. The minimum atomic E-state index is -0.325. The predicted molar refractivity (Wildman–Crippen MR) is 191 cm³/mol. The zero-order valence-corrected chi connectivity index (χ0v) is 26.5. The van der Waals surface area contributed by atoms with Gasteiger partial charge >= 0.3 is 0 Å². The lowest BCUT2D eigenvalue weighted by Crippen LogP contribution is -2.26. The number of hydrogen-bond donors (Lipinski definition) is 0. The molecule has 1 atom stereocenters. The predicted octanol–water partition coefficient (Wildman–Crippen LogP) is 11.7. The summed E-state index contributed by atoms with van der Waals surface area (Å²) in [6, 6.07) is 59.2. The molecule has 7 aromatic rings. The second-order valence-electron chi connectivity index (χ2n) is 12.5. The van der Waals surface area contributed by atoms with Crippen LogP contribution in [-0.2, 0) is 11.8 Å². The first-order valence-electron chi connectivity index (χ1n) is 15.9. The zero-order valence-electron chi connectivity index (χ0n) is 24.9. The van der Waals surface area contributed by atoms with E-state index in [2.05, 4.69) is 174 Å². The molecule has 0 saturated carbocycles. The van der Waals surface area contributed by atoms with Crippen molar-refractivity contribution in [2.24, 2.45) is 0 Å². The minimum absolute atomic E-state index is 0.260. The summed E-state index contributed by atoms with van der Waals surface area (Å²) in [7, 11) is 0. The quantitative estimate of drug-likeness (QED) is 0.176. The molecule has 214 valence electrons. The first-order valence-corrected chi connectivity index (χ1v) is 16.7. The van der Waals surface area contributed by atoms with Gasteiger partial charge in [-0.1, -0.05) is 162 Å². The highest BCUT2D eigenvalue weighted by atomic mass is 79.9. The molecular weight excluding hydrogens is 608 g/mol. The molecule has 0 nitrogen and oxygen atoms in total. The lowest BCUT2D eigenvalue weighted by atomic mass is 9.70. The summed E-state index contributed by atoms with van der Waals surface area (Å²) < 4.78 is 1.12. The van der Waals surface area contributed by atoms with Gasteiger partial charge in [0.15, 0.2) is 0 Å². The maximum Gasteiger partial charge on any atom is 0.0725 e. The molecule has 0 saturated heterocycles. The third-order valence-corrected chi connectivity index (χ3v) is 10.8. The highest BCUT2D eigenvalue weighted by molar-refractivity contribution is 9.10. The Balaban J connectivity index is 1.26. The van der Waals surface area contributed by atoms with E-state index >= 15 is 0 Å². The normalized spacial score (nSPS) is 14.2. The monoisotopic (exact) mass is 638 g/mol. The van der Waals surface area contributed by atoms with Gasteiger partial charge in [0.25, 0.3) is 0 Å². The Hall–Kier alpha value is -4.72. The summed E-state index contributed by atoms with van der Waals surface area (Å²) >= 11 is 3.62. The van der Waals surface area contributed by atoms with Gasteiger partial charge in [0.2, 0.25) is 0 Å². The van der Waals surface area contributed by atoms with Crippen LogP contribution in [0.15, 0.2) is 162 Å². The lowest BCUT2D eigenvalue weighted by Gasteiger charge is -2.31. The van der Waals surface area contributed by atoms with Crippen molar-refractivity contribution in [2.45, 2.75) is 24.2 Å². The minimum Gasteiger partial charge on any atom is -0.0619 e. The molecule has 2 aliphatic rings. The van der Waals surface area contributed by atoms with Crippen molar-refractivity contribution in [3.05, 3.63) is 201 Å². The molecular formula is C44H31Br. The Labute approximate surface area is 273 Å². The number of benzene rings is 7. The molecule has 0 fully saturated rings. The van der Waals surface area contributed by atoms with Gasteiger partial charge in [-0.2, -0.15) is 0 Å². The molecule has 1 spiro atoms. The van der Waals surface area contributed by atoms with E-state index in [-0.39, 0.29) is 11.3 Å². The van der Waals surface area contributed by atoms with E-state index in [9.17, 15) is 0 Å². The Morgan fingerprint density at radius 2 is 0.956 bits per heavy atom. The average molecular weight is 640 g/mol. The Morgan fingerprint density at radius 1 is 0.444 bits per heavy atom. The molecule has 0 aliphatic heterocycles. The molecule has 45 heavy (non-hydrogen) atoms. The van der Waals surface area contributed by atoms with Gasteiger partial charge in [-0.3, -0.25) is 0 Å². The van der Waals surface area contributed by atoms with Gasteiger partial charge in [0.1, 0.15) is 0 Å². The van der Waals surface area contributed by atoms with Gasteiger partial charge in [-0.05, 0) is 96.9 Å². The number of hydrogen-bond acceptors (Lipinski definition) is 0. The Morgan fingerprint density at radius 3 is 1.60 bits per heavy atom. The molecule has 0 amide bonds. The van der Waals surface area contributed by atoms with Crippen molar-refractivity contribution in [1.82, 2.24) is 0 Å². The van der Waals surface area contributed by atoms with Crippen molar-refractivity contribution in [1.29, 1.82) is 0 Å². The Kier molecular flexibility index (Phi) is 6.18. The van der Waals surface area contributed by atoms with Crippen LogP contribution in [0.2, 0.25) is 0 Å². The molecule has 1 unspecified atom stereocenters. The molecule has 7 aromatic carbocycles. The highest BCUT2D eigenvalue weighted by Crippen LogP contribution is 2.63. The van der Waals surface area contributed by atoms with E-state index < -0.39 is 0 Å². The first-order chi connectivity index (χ1) is 22.2. The fraction of sp³-hybridized carbons (Fsp3) is 0.0909. The average Bonchev–Trinajstić information content (AvgIpc) is 3.56. The van der Waals surface area contributed by atoms with Crippen molar-refractivity contribution in [3.63, 3.8) is 0 Å². The van der Waals surface area contributed by atoms with E-state index in [1.165, 1.54) is 72.0 Å². The summed E-state index contributed by atoms with van der Waals surface area (Å²) in [5.41, 5.74) is 14.8. The molecule has 0 radical (unpaired) electrons. The van der Waals surface area contributed by atoms with E-state index in [0.29, 0.717) is 0 Å². The highest BCUT2D eigenvalue weighted by Gasteiger charge is 2.51. The van der Waals surface area contributed by atoms with E-state index in [1.54, 1.807) is 0 Å². The third-order valence-electron chi connectivity index (χ3n) is 10.2. The molecule has 0 bridgehead atoms. The molecule has 0 heterocycles. The summed E-state index contributed by atoms with van der Waals surface area (Å²) in [4.78, 5) is 0. The van der Waals surface area contributed by atoms with Crippen molar-refractivity contribution < 1.29 is 0 Å². The molecule has 2 aliphatic carbocycles. The second kappa shape index (κ2) is 10.4. The molecule has 1 heteroatoms. The van der Waals surface area contributed by atoms with E-state index in [4.69, 9.17) is 0 Å². The van der Waals surface area contributed by atoms with Gasteiger partial charge < -0.3 is 0 Å². The lowest BCUT2D eigenvalue weighted by molar-refractivity contribution is 0.711. The van der Waals surface area contributed by atoms with Gasteiger partial charge in [0.05, 0.1) is 5.41 Å². The largest absolute Gasteiger partial charge is 0.0725 e. The summed E-state index contributed by atoms with van der Waals surface area (Å²) in [5, 5.41) is 2.59. The topological polar surface area (TPSA) is 0 Å². The number of halogens is 1. The van der Waals surface area contributed by atoms with E-state index in [1.807, 2.05) is 0 Å². The summed E-state index contributed by atoms with van der Waals surface area (Å²) in [6.07, 6.45) is 2.05. The van der Waals surface area contributed by atoms with Gasteiger partial charge in [0, 0.05) is 10.4 Å². The zero-order chi connectivity index (χ0) is 30.0. The standard InChI is InChI=1S/C44H31Br/c45-34-23-17-29(18-24-34)19-25-35(32-21-20-30-9-1-2-10-31(30)27-32)33-22-26-39-38-13-5-8-16-42(38)44(43(39)28-33)40-14-6-3-11-36(40)37-12-4-7-15-41(37)44/h1-18,20-24,26-28,35H,19,25H2. The van der Waals surface area contributed by atoms with Crippen LogP contribution < -0.4 is 0 Å². The van der Waals surface area contributed by atoms with Gasteiger partial charge in [-0.15, -0.1) is 0 Å². The number of rotatable bonds is 5. The first kappa shape index (κ1) is 26.7. The maximum absolute atomic E-state index is 3.62. The van der Waals surface area contributed by atoms with Crippen LogP contribution in [0.4, 0.5) is 0 Å². The van der Waals surface area contributed by atoms with Crippen molar-refractivity contribution in [3.8, 4) is 22.3 Å². The maximum atomic E-state index is 3.62. The van der Waals surface area contributed by atoms with Gasteiger partial charge in [-0.25, -0.2) is 0 Å². The molecule has 9 rings (SSSR count). The van der Waals surface area contributed by atoms with Crippen LogP contribution in [0.3, 0.4) is 0 Å².